The topological polar surface area (TPSA) is 73.3 Å². The zero-order chi connectivity index (χ0) is 19.2. The molecule has 0 fully saturated rings. The van der Waals surface area contributed by atoms with Crippen LogP contribution in [0.5, 0.6) is 11.5 Å². The number of carbonyl (C=O) groups is 1. The van der Waals surface area contributed by atoms with Crippen LogP contribution in [0.1, 0.15) is 27.4 Å². The van der Waals surface area contributed by atoms with Gasteiger partial charge in [0.05, 0.1) is 31.2 Å². The summed E-state index contributed by atoms with van der Waals surface area (Å²) >= 11 is 0. The Bertz CT molecular complexity index is 943. The van der Waals surface area contributed by atoms with Crippen LogP contribution in [0, 0.1) is 6.92 Å². The van der Waals surface area contributed by atoms with Crippen molar-refractivity contribution in [1.29, 1.82) is 0 Å². The monoisotopic (exact) mass is 363 g/mol. The van der Waals surface area contributed by atoms with Gasteiger partial charge in [-0.1, -0.05) is 30.3 Å². The van der Waals surface area contributed by atoms with E-state index in [9.17, 15) is 4.79 Å². The molecule has 0 saturated carbocycles. The highest BCUT2D eigenvalue weighted by Crippen LogP contribution is 2.29. The summed E-state index contributed by atoms with van der Waals surface area (Å²) in [6.07, 6.45) is 2.18. The molecule has 0 aliphatic heterocycles. The maximum absolute atomic E-state index is 12.6. The lowest BCUT2D eigenvalue weighted by Gasteiger charge is -2.12. The lowest BCUT2D eigenvalue weighted by atomic mass is 10.1. The van der Waals surface area contributed by atoms with Gasteiger partial charge >= 0.3 is 0 Å². The minimum absolute atomic E-state index is 0.290. The van der Waals surface area contributed by atoms with E-state index in [0.717, 1.165) is 5.56 Å². The van der Waals surface area contributed by atoms with Crippen molar-refractivity contribution in [3.63, 3.8) is 0 Å². The van der Waals surface area contributed by atoms with Crippen molar-refractivity contribution >= 4 is 11.6 Å². The molecule has 6 heteroatoms. The lowest BCUT2D eigenvalue weighted by Crippen LogP contribution is -2.16. The first-order chi connectivity index (χ1) is 13.1. The van der Waals surface area contributed by atoms with Crippen LogP contribution in [0.3, 0.4) is 0 Å². The molecular weight excluding hydrogens is 342 g/mol. The van der Waals surface area contributed by atoms with Gasteiger partial charge in [0.2, 0.25) is 0 Å². The SMILES string of the molecule is COc1ccc(NC(=O)c2cnc(Cc3ccccc3)nc2C)c(OC)c1. The fourth-order valence-electron chi connectivity index (χ4n) is 2.69. The molecule has 2 aromatic carbocycles. The third-order valence-corrected chi connectivity index (χ3v) is 4.14. The Morgan fingerprint density at radius 2 is 1.85 bits per heavy atom. The first-order valence-electron chi connectivity index (χ1n) is 8.50. The van der Waals surface area contributed by atoms with Crippen molar-refractivity contribution < 1.29 is 14.3 Å². The van der Waals surface area contributed by atoms with Crippen LogP contribution in [0.2, 0.25) is 0 Å². The minimum Gasteiger partial charge on any atom is -0.497 e. The van der Waals surface area contributed by atoms with E-state index >= 15 is 0 Å². The van der Waals surface area contributed by atoms with Crippen LogP contribution >= 0.6 is 0 Å². The third-order valence-electron chi connectivity index (χ3n) is 4.14. The van der Waals surface area contributed by atoms with Gasteiger partial charge in [0.15, 0.2) is 0 Å². The van der Waals surface area contributed by atoms with Crippen molar-refractivity contribution in [3.05, 3.63) is 77.4 Å². The summed E-state index contributed by atoms with van der Waals surface area (Å²) in [6.45, 7) is 1.80. The summed E-state index contributed by atoms with van der Waals surface area (Å²) < 4.78 is 10.5. The van der Waals surface area contributed by atoms with E-state index in [1.165, 1.54) is 7.11 Å². The van der Waals surface area contributed by atoms with E-state index in [0.29, 0.717) is 40.7 Å². The van der Waals surface area contributed by atoms with Gasteiger partial charge < -0.3 is 14.8 Å². The first kappa shape index (κ1) is 18.4. The zero-order valence-electron chi connectivity index (χ0n) is 15.5. The second-order valence-corrected chi connectivity index (χ2v) is 5.97. The molecule has 0 aliphatic rings. The van der Waals surface area contributed by atoms with Gasteiger partial charge in [-0.25, -0.2) is 9.97 Å². The molecule has 0 radical (unpaired) electrons. The average molecular weight is 363 g/mol. The standard InChI is InChI=1S/C21H21N3O3/c1-14-17(13-22-20(23-14)11-15-7-5-4-6-8-15)21(25)24-18-10-9-16(26-2)12-19(18)27-3/h4-10,12-13H,11H2,1-3H3,(H,24,25). The smallest absolute Gasteiger partial charge is 0.259 e. The summed E-state index contributed by atoms with van der Waals surface area (Å²) in [7, 11) is 3.11. The summed E-state index contributed by atoms with van der Waals surface area (Å²) in [5.74, 6) is 1.55. The van der Waals surface area contributed by atoms with E-state index in [2.05, 4.69) is 15.3 Å². The van der Waals surface area contributed by atoms with Crippen LogP contribution in [-0.2, 0) is 6.42 Å². The van der Waals surface area contributed by atoms with Gasteiger partial charge in [-0.2, -0.15) is 0 Å². The number of nitrogens with one attached hydrogen (secondary N) is 1. The number of ether oxygens (including phenoxy) is 2. The molecule has 6 nitrogen and oxygen atoms in total. The molecule has 1 N–H and O–H groups in total. The van der Waals surface area contributed by atoms with E-state index in [4.69, 9.17) is 9.47 Å². The zero-order valence-corrected chi connectivity index (χ0v) is 15.5. The molecule has 1 heterocycles. The highest BCUT2D eigenvalue weighted by atomic mass is 16.5. The maximum atomic E-state index is 12.6. The van der Waals surface area contributed by atoms with Crippen molar-refractivity contribution in [3.8, 4) is 11.5 Å². The molecule has 0 spiro atoms. The lowest BCUT2D eigenvalue weighted by molar-refractivity contribution is 0.102. The number of benzene rings is 2. The van der Waals surface area contributed by atoms with E-state index < -0.39 is 0 Å². The summed E-state index contributed by atoms with van der Waals surface area (Å²) in [6, 6.07) is 15.2. The number of aryl methyl sites for hydroxylation is 1. The average Bonchev–Trinajstić information content (AvgIpc) is 2.69. The van der Waals surface area contributed by atoms with Crippen LogP contribution in [0.25, 0.3) is 0 Å². The third kappa shape index (κ3) is 4.41. The Morgan fingerprint density at radius 1 is 1.07 bits per heavy atom. The molecule has 0 unspecified atom stereocenters. The van der Waals surface area contributed by atoms with Crippen LogP contribution in [0.15, 0.2) is 54.7 Å². The normalized spacial score (nSPS) is 10.3. The number of carbonyl (C=O) groups excluding carboxylic acids is 1. The number of hydrogen-bond donors (Lipinski definition) is 1. The van der Waals surface area contributed by atoms with Crippen molar-refractivity contribution in [2.75, 3.05) is 19.5 Å². The Morgan fingerprint density at radius 3 is 2.52 bits per heavy atom. The molecule has 1 aromatic heterocycles. The summed E-state index contributed by atoms with van der Waals surface area (Å²) in [4.78, 5) is 21.5. The molecule has 3 rings (SSSR count). The van der Waals surface area contributed by atoms with Gasteiger partial charge in [0, 0.05) is 18.7 Å². The van der Waals surface area contributed by atoms with E-state index in [-0.39, 0.29) is 5.91 Å². The molecule has 0 atom stereocenters. The highest BCUT2D eigenvalue weighted by Gasteiger charge is 2.15. The van der Waals surface area contributed by atoms with E-state index in [1.54, 1.807) is 38.4 Å². The van der Waals surface area contributed by atoms with Gasteiger partial charge in [-0.3, -0.25) is 4.79 Å². The molecule has 0 saturated heterocycles. The van der Waals surface area contributed by atoms with Crippen molar-refractivity contribution in [2.45, 2.75) is 13.3 Å². The quantitative estimate of drug-likeness (QED) is 0.724. The van der Waals surface area contributed by atoms with E-state index in [1.807, 2.05) is 30.3 Å². The Balaban J connectivity index is 1.77. The summed E-state index contributed by atoms with van der Waals surface area (Å²) in [5.41, 5.74) is 2.72. The second kappa shape index (κ2) is 8.31. The molecule has 27 heavy (non-hydrogen) atoms. The predicted molar refractivity (Wildman–Crippen MR) is 104 cm³/mol. The number of aromatic nitrogens is 2. The molecule has 0 bridgehead atoms. The van der Waals surface area contributed by atoms with Crippen molar-refractivity contribution in [1.82, 2.24) is 9.97 Å². The molecular formula is C21H21N3O3. The Kier molecular flexibility index (Phi) is 5.66. The summed E-state index contributed by atoms with van der Waals surface area (Å²) in [5, 5.41) is 2.84. The maximum Gasteiger partial charge on any atom is 0.259 e. The Hall–Kier alpha value is -3.41. The fourth-order valence-corrected chi connectivity index (χ4v) is 2.69. The van der Waals surface area contributed by atoms with Crippen molar-refractivity contribution in [2.24, 2.45) is 0 Å². The van der Waals surface area contributed by atoms with Crippen LogP contribution < -0.4 is 14.8 Å². The molecule has 138 valence electrons. The number of anilines is 1. The minimum atomic E-state index is -0.290. The fraction of sp³-hybridized carbons (Fsp3) is 0.190. The Labute approximate surface area is 158 Å². The van der Waals surface area contributed by atoms with Gasteiger partial charge in [0.25, 0.3) is 5.91 Å². The number of methoxy groups -OCH3 is 2. The number of amides is 1. The number of hydrogen-bond acceptors (Lipinski definition) is 5. The van der Waals surface area contributed by atoms with Gasteiger partial charge in [0.1, 0.15) is 17.3 Å². The molecule has 0 aliphatic carbocycles. The van der Waals surface area contributed by atoms with Gasteiger partial charge in [-0.05, 0) is 24.6 Å². The predicted octanol–water partition coefficient (Wildman–Crippen LogP) is 3.65. The number of nitrogens with zero attached hydrogens (tertiary/aromatic N) is 2. The number of rotatable bonds is 6. The first-order valence-corrected chi connectivity index (χ1v) is 8.50. The molecule has 3 aromatic rings. The van der Waals surface area contributed by atoms with Gasteiger partial charge in [-0.15, -0.1) is 0 Å². The molecule has 1 amide bonds. The van der Waals surface area contributed by atoms with Crippen LogP contribution in [-0.4, -0.2) is 30.1 Å². The largest absolute Gasteiger partial charge is 0.497 e. The second-order valence-electron chi connectivity index (χ2n) is 5.97. The van der Waals surface area contributed by atoms with Crippen LogP contribution in [0.4, 0.5) is 5.69 Å². The highest BCUT2D eigenvalue weighted by molar-refractivity contribution is 6.05.